The molecule has 4 heteroatoms. The zero-order valence-electron chi connectivity index (χ0n) is 5.62. The van der Waals surface area contributed by atoms with Crippen molar-refractivity contribution in [1.82, 2.24) is 0 Å². The first-order valence-electron chi connectivity index (χ1n) is 2.83. The molecule has 0 fully saturated rings. The molecule has 3 nitrogen and oxygen atoms in total. The topological polar surface area (TPSA) is 54.0 Å². The molecule has 0 amide bonds. The molecule has 0 saturated heterocycles. The fourth-order valence-electron chi connectivity index (χ4n) is 0.450. The third-order valence-corrected chi connectivity index (χ3v) is 2.19. The molecule has 1 unspecified atom stereocenters. The number of hydrogen-bond donors (Lipinski definition) is 0. The van der Waals surface area contributed by atoms with Gasteiger partial charge in [0.15, 0.2) is 15.3 Å². The van der Waals surface area contributed by atoms with Gasteiger partial charge in [0, 0.05) is 6.26 Å². The van der Waals surface area contributed by atoms with Crippen LogP contribution in [0, 0.1) is 0 Å². The molecule has 0 heterocycles. The van der Waals surface area contributed by atoms with Gasteiger partial charge >= 0.3 is 0 Å². The molecule has 0 aliphatic rings. The zero-order chi connectivity index (χ0) is 7.49. The van der Waals surface area contributed by atoms with Crippen molar-refractivity contribution in [1.29, 1.82) is 0 Å². The third kappa shape index (κ3) is 3.48. The minimum atomic E-state index is -3.32. The van der Waals surface area contributed by atoms with Crippen molar-refractivity contribution in [2.75, 3.05) is 6.26 Å². The van der Waals surface area contributed by atoms with Crippen LogP contribution in [0.3, 0.4) is 0 Å². The first-order valence-corrected chi connectivity index (χ1v) is 4.78. The summed E-state index contributed by atoms with van der Waals surface area (Å²) in [5.74, 6) is 0. The Kier molecular flexibility index (Phi) is 3.14. The highest BCUT2D eigenvalue weighted by molar-refractivity contribution is 7.91. The van der Waals surface area contributed by atoms with Crippen LogP contribution in [0.1, 0.15) is 19.8 Å². The van der Waals surface area contributed by atoms with Crippen LogP contribution < -0.4 is 0 Å². The van der Waals surface area contributed by atoms with Crippen LogP contribution in [0.15, 0.2) is 0 Å². The maximum Gasteiger partial charge on any atom is 0.193 e. The first-order chi connectivity index (χ1) is 3.98. The molecule has 0 spiro atoms. The average molecular weight is 151 g/mol. The van der Waals surface area contributed by atoms with E-state index in [0.29, 0.717) is 6.42 Å². The maximum atomic E-state index is 10.6. The van der Waals surface area contributed by atoms with E-state index in [1.807, 2.05) is 0 Å². The van der Waals surface area contributed by atoms with Crippen molar-refractivity contribution in [3.63, 3.8) is 0 Å². The van der Waals surface area contributed by atoms with Gasteiger partial charge in [-0.05, 0) is 6.42 Å². The minimum Gasteiger partial charge on any atom is -0.226 e. The summed E-state index contributed by atoms with van der Waals surface area (Å²) >= 11 is 0. The molecule has 0 aliphatic carbocycles. The number of sulfone groups is 1. The summed E-state index contributed by atoms with van der Waals surface area (Å²) in [7, 11) is -3.32. The molecule has 0 aliphatic heterocycles. The summed E-state index contributed by atoms with van der Waals surface area (Å²) in [4.78, 5) is 0. The number of rotatable bonds is 3. The lowest BCUT2D eigenvalue weighted by Crippen LogP contribution is -2.16. The van der Waals surface area contributed by atoms with Gasteiger partial charge in [0.05, 0.1) is 0 Å². The Morgan fingerprint density at radius 1 is 1.44 bits per heavy atom. The fraction of sp³-hybridized carbons (Fsp3) is 1.00. The summed E-state index contributed by atoms with van der Waals surface area (Å²) in [5, 5.41) is 10.6. The molecule has 0 rings (SSSR count). The Morgan fingerprint density at radius 2 is 1.89 bits per heavy atom. The van der Waals surface area contributed by atoms with E-state index in [9.17, 15) is 13.5 Å². The quantitative estimate of drug-likeness (QED) is 0.592. The van der Waals surface area contributed by atoms with E-state index in [0.717, 1.165) is 6.26 Å². The van der Waals surface area contributed by atoms with E-state index < -0.39 is 15.3 Å². The largest absolute Gasteiger partial charge is 0.226 e. The smallest absolute Gasteiger partial charge is 0.193 e. The second-order valence-corrected chi connectivity index (χ2v) is 4.23. The van der Waals surface area contributed by atoms with Crippen molar-refractivity contribution < 1.29 is 13.5 Å². The van der Waals surface area contributed by atoms with Gasteiger partial charge in [-0.25, -0.2) is 13.5 Å². The second kappa shape index (κ2) is 3.17. The molecule has 0 aromatic heterocycles. The van der Waals surface area contributed by atoms with Crippen LogP contribution in [-0.2, 0) is 14.9 Å². The van der Waals surface area contributed by atoms with Gasteiger partial charge in [-0.1, -0.05) is 13.3 Å². The number of hydrogen-bond acceptors (Lipinski definition) is 2. The van der Waals surface area contributed by atoms with Crippen LogP contribution in [0.5, 0.6) is 0 Å². The lowest BCUT2D eigenvalue weighted by atomic mass is 10.4. The van der Waals surface area contributed by atoms with Gasteiger partial charge in [0.25, 0.3) is 0 Å². The van der Waals surface area contributed by atoms with E-state index in [-0.39, 0.29) is 6.42 Å². The minimum absolute atomic E-state index is 0.221. The van der Waals surface area contributed by atoms with E-state index in [2.05, 4.69) is 0 Å². The van der Waals surface area contributed by atoms with Crippen LogP contribution >= 0.6 is 0 Å². The Balaban J connectivity index is 3.90. The average Bonchev–Trinajstić information content (AvgIpc) is 1.64. The van der Waals surface area contributed by atoms with Gasteiger partial charge in [-0.2, -0.15) is 0 Å². The van der Waals surface area contributed by atoms with E-state index in [1.165, 1.54) is 0 Å². The first kappa shape index (κ1) is 8.91. The van der Waals surface area contributed by atoms with Crippen molar-refractivity contribution in [3.05, 3.63) is 0 Å². The standard InChI is InChI=1S/C5H11O3S/c1-3-4-5(6)9(2,7)8/h5H,3-4H2,1-2H3. The van der Waals surface area contributed by atoms with Crippen molar-refractivity contribution in [2.45, 2.75) is 25.2 Å². The molecule has 1 radical (unpaired) electrons. The summed E-state index contributed by atoms with van der Waals surface area (Å²) in [5.41, 5.74) is -1.41. The summed E-state index contributed by atoms with van der Waals surface area (Å²) < 4.78 is 20.8. The molecule has 1 atom stereocenters. The summed E-state index contributed by atoms with van der Waals surface area (Å²) in [6, 6.07) is 0. The lowest BCUT2D eigenvalue weighted by molar-refractivity contribution is 0.147. The molecule has 9 heavy (non-hydrogen) atoms. The molecule has 0 N–H and O–H groups in total. The van der Waals surface area contributed by atoms with Crippen molar-refractivity contribution in [2.24, 2.45) is 0 Å². The molecule has 0 bridgehead atoms. The van der Waals surface area contributed by atoms with Crippen molar-refractivity contribution >= 4 is 9.84 Å². The third-order valence-electron chi connectivity index (χ3n) is 1.00. The van der Waals surface area contributed by atoms with Crippen LogP contribution in [0.25, 0.3) is 0 Å². The Hall–Kier alpha value is -0.0900. The molecule has 0 saturated carbocycles. The lowest BCUT2D eigenvalue weighted by Gasteiger charge is -2.01. The van der Waals surface area contributed by atoms with E-state index in [4.69, 9.17) is 0 Å². The zero-order valence-corrected chi connectivity index (χ0v) is 6.44. The van der Waals surface area contributed by atoms with E-state index >= 15 is 0 Å². The summed E-state index contributed by atoms with van der Waals surface area (Å²) in [6.07, 6.45) is 1.82. The highest BCUT2D eigenvalue weighted by Crippen LogP contribution is 2.02. The van der Waals surface area contributed by atoms with Gasteiger partial charge < -0.3 is 0 Å². The van der Waals surface area contributed by atoms with Crippen LogP contribution in [0.2, 0.25) is 0 Å². The van der Waals surface area contributed by atoms with Gasteiger partial charge in [0.2, 0.25) is 0 Å². The highest BCUT2D eigenvalue weighted by atomic mass is 32.2. The summed E-state index contributed by atoms with van der Waals surface area (Å²) in [6.45, 7) is 1.79. The molecule has 55 valence electrons. The van der Waals surface area contributed by atoms with Crippen molar-refractivity contribution in [3.8, 4) is 0 Å². The highest BCUT2D eigenvalue weighted by Gasteiger charge is 2.16. The Morgan fingerprint density at radius 3 is 2.00 bits per heavy atom. The molecule has 0 aromatic rings. The Labute approximate surface area is 55.6 Å². The molecular weight excluding hydrogens is 140 g/mol. The molecular formula is C5H11O3S. The SMILES string of the molecule is CCCC([O])S(C)(=O)=O. The van der Waals surface area contributed by atoms with Gasteiger partial charge in [0.1, 0.15) is 0 Å². The fourth-order valence-corrected chi connectivity index (χ4v) is 1.11. The predicted octanol–water partition coefficient (Wildman–Crippen LogP) is 0.588. The van der Waals surface area contributed by atoms with Gasteiger partial charge in [-0.3, -0.25) is 0 Å². The van der Waals surface area contributed by atoms with Crippen LogP contribution in [0.4, 0.5) is 0 Å². The van der Waals surface area contributed by atoms with E-state index in [1.54, 1.807) is 6.92 Å². The monoisotopic (exact) mass is 151 g/mol. The normalized spacial score (nSPS) is 15.4. The second-order valence-electron chi connectivity index (χ2n) is 2.05. The predicted molar refractivity (Wildman–Crippen MR) is 34.2 cm³/mol. The van der Waals surface area contributed by atoms with Gasteiger partial charge in [-0.15, -0.1) is 0 Å². The van der Waals surface area contributed by atoms with Crippen LogP contribution in [-0.4, -0.2) is 20.1 Å². The Bertz CT molecular complexity index is 159. The molecule has 0 aromatic carbocycles. The maximum absolute atomic E-state index is 10.6.